The van der Waals surface area contributed by atoms with Gasteiger partial charge in [-0.15, -0.1) is 5.10 Å². The fraction of sp³-hybridized carbons (Fsp3) is 0.375. The van der Waals surface area contributed by atoms with Gasteiger partial charge in [-0.2, -0.15) is 0 Å². The molecule has 0 radical (unpaired) electrons. The van der Waals surface area contributed by atoms with Crippen molar-refractivity contribution in [2.24, 2.45) is 0 Å². The molecule has 12 heavy (non-hydrogen) atoms. The van der Waals surface area contributed by atoms with Crippen molar-refractivity contribution < 1.29 is 0 Å². The Morgan fingerprint density at radius 3 is 2.92 bits per heavy atom. The summed E-state index contributed by atoms with van der Waals surface area (Å²) in [6.45, 7) is 4.14. The second kappa shape index (κ2) is 2.55. The molecule has 62 valence electrons. The molecule has 0 aliphatic heterocycles. The van der Waals surface area contributed by atoms with Gasteiger partial charge in [0, 0.05) is 18.2 Å². The van der Waals surface area contributed by atoms with Crippen molar-refractivity contribution in [3.63, 3.8) is 0 Å². The van der Waals surface area contributed by atoms with Gasteiger partial charge in [0.15, 0.2) is 11.5 Å². The first-order valence-corrected chi connectivity index (χ1v) is 3.93. The van der Waals surface area contributed by atoms with Gasteiger partial charge in [0.1, 0.15) is 6.33 Å². The maximum Gasteiger partial charge on any atom is 0.158 e. The zero-order valence-electron chi connectivity index (χ0n) is 7.10. The Morgan fingerprint density at radius 1 is 1.42 bits per heavy atom. The van der Waals surface area contributed by atoms with Crippen LogP contribution < -0.4 is 0 Å². The molecule has 0 N–H and O–H groups in total. The molecule has 2 aromatic heterocycles. The normalized spacial score (nSPS) is 11.2. The predicted octanol–water partition coefficient (Wildman–Crippen LogP) is 1.25. The largest absolute Gasteiger partial charge is 0.245 e. The Labute approximate surface area is 70.3 Å². The number of rotatable bonds is 1. The molecule has 0 atom stereocenters. The van der Waals surface area contributed by atoms with E-state index >= 15 is 0 Å². The van der Waals surface area contributed by atoms with Gasteiger partial charge in [-0.1, -0.05) is 13.8 Å². The van der Waals surface area contributed by atoms with Crippen molar-refractivity contribution in [2.75, 3.05) is 0 Å². The first-order valence-electron chi connectivity index (χ1n) is 3.93. The molecular formula is C8H10N4. The van der Waals surface area contributed by atoms with Crippen molar-refractivity contribution in [1.82, 2.24) is 19.6 Å². The fourth-order valence-corrected chi connectivity index (χ4v) is 1.01. The molecule has 2 heterocycles. The van der Waals surface area contributed by atoms with E-state index in [0.717, 1.165) is 11.5 Å². The molecule has 4 heteroatoms. The molecule has 0 saturated carbocycles. The predicted molar refractivity (Wildman–Crippen MR) is 44.9 cm³/mol. The average molecular weight is 162 g/mol. The molecule has 2 rings (SSSR count). The molecule has 0 aliphatic carbocycles. The second-order valence-electron chi connectivity index (χ2n) is 3.01. The number of fused-ring (bicyclic) bond motifs is 1. The highest BCUT2D eigenvalue weighted by Crippen LogP contribution is 2.09. The molecule has 0 bridgehead atoms. The Balaban J connectivity index is 2.62. The van der Waals surface area contributed by atoms with Crippen LogP contribution in [0.1, 0.15) is 25.6 Å². The van der Waals surface area contributed by atoms with Crippen molar-refractivity contribution in [3.05, 3.63) is 24.4 Å². The fourth-order valence-electron chi connectivity index (χ4n) is 1.01. The minimum Gasteiger partial charge on any atom is -0.245 e. The maximum atomic E-state index is 4.32. The first-order chi connectivity index (χ1) is 5.77. The molecule has 4 nitrogen and oxygen atoms in total. The van der Waals surface area contributed by atoms with Gasteiger partial charge in [0.05, 0.1) is 0 Å². The lowest BCUT2D eigenvalue weighted by atomic mass is 10.2. The highest BCUT2D eigenvalue weighted by molar-refractivity contribution is 5.34. The minimum atomic E-state index is 0.366. The SMILES string of the molecule is CC(C)c1nc2ccncn2n1. The lowest BCUT2D eigenvalue weighted by Crippen LogP contribution is -1.91. The van der Waals surface area contributed by atoms with Gasteiger partial charge < -0.3 is 0 Å². The molecule has 0 spiro atoms. The van der Waals surface area contributed by atoms with E-state index in [9.17, 15) is 0 Å². The van der Waals surface area contributed by atoms with Gasteiger partial charge in [0.2, 0.25) is 0 Å². The molecule has 0 saturated heterocycles. The second-order valence-corrected chi connectivity index (χ2v) is 3.01. The molecule has 0 fully saturated rings. The van der Waals surface area contributed by atoms with Crippen LogP contribution in [0.3, 0.4) is 0 Å². The van der Waals surface area contributed by atoms with Crippen LogP contribution >= 0.6 is 0 Å². The summed E-state index contributed by atoms with van der Waals surface area (Å²) in [6.07, 6.45) is 3.38. The summed E-state index contributed by atoms with van der Waals surface area (Å²) in [6, 6.07) is 1.85. The third kappa shape index (κ3) is 1.05. The molecular weight excluding hydrogens is 152 g/mol. The Hall–Kier alpha value is -1.45. The van der Waals surface area contributed by atoms with Gasteiger partial charge >= 0.3 is 0 Å². The molecule has 0 amide bonds. The summed E-state index contributed by atoms with van der Waals surface area (Å²) in [5, 5.41) is 4.26. The highest BCUT2D eigenvalue weighted by atomic mass is 15.3. The quantitative estimate of drug-likeness (QED) is 0.633. The topological polar surface area (TPSA) is 43.1 Å². The monoisotopic (exact) mass is 162 g/mol. The van der Waals surface area contributed by atoms with E-state index in [1.807, 2.05) is 6.07 Å². The van der Waals surface area contributed by atoms with Crippen molar-refractivity contribution in [1.29, 1.82) is 0 Å². The Morgan fingerprint density at radius 2 is 2.25 bits per heavy atom. The summed E-state index contributed by atoms with van der Waals surface area (Å²) in [5.74, 6) is 1.23. The maximum absolute atomic E-state index is 4.32. The van der Waals surface area contributed by atoms with Crippen LogP contribution in [0, 0.1) is 0 Å². The molecule has 2 aromatic rings. The van der Waals surface area contributed by atoms with E-state index < -0.39 is 0 Å². The number of aromatic nitrogens is 4. The Bertz CT molecular complexity index is 358. The summed E-state index contributed by atoms with van der Waals surface area (Å²) in [4.78, 5) is 8.27. The lowest BCUT2D eigenvalue weighted by molar-refractivity contribution is 0.761. The van der Waals surface area contributed by atoms with E-state index in [1.165, 1.54) is 0 Å². The third-order valence-electron chi connectivity index (χ3n) is 1.68. The summed E-state index contributed by atoms with van der Waals surface area (Å²) in [7, 11) is 0. The molecule has 0 unspecified atom stereocenters. The van der Waals surface area contributed by atoms with Crippen LogP contribution in [-0.2, 0) is 0 Å². The van der Waals surface area contributed by atoms with Gasteiger partial charge in [-0.3, -0.25) is 0 Å². The zero-order chi connectivity index (χ0) is 8.55. The van der Waals surface area contributed by atoms with Crippen molar-refractivity contribution in [2.45, 2.75) is 19.8 Å². The summed E-state index contributed by atoms with van der Waals surface area (Å²) in [5.41, 5.74) is 0.855. The molecule has 0 aliphatic rings. The zero-order valence-corrected chi connectivity index (χ0v) is 7.10. The molecule has 0 aromatic carbocycles. The van der Waals surface area contributed by atoms with Crippen LogP contribution in [-0.4, -0.2) is 19.6 Å². The van der Waals surface area contributed by atoms with E-state index in [1.54, 1.807) is 17.0 Å². The van der Waals surface area contributed by atoms with E-state index in [0.29, 0.717) is 5.92 Å². The lowest BCUT2D eigenvalue weighted by Gasteiger charge is -1.92. The van der Waals surface area contributed by atoms with Gasteiger partial charge in [-0.05, 0) is 0 Å². The first kappa shape index (κ1) is 7.21. The summed E-state index contributed by atoms with van der Waals surface area (Å²) >= 11 is 0. The standard InChI is InChI=1S/C8H10N4/c1-6(2)8-10-7-3-4-9-5-12(7)11-8/h3-6H,1-2H3. The Kier molecular flexibility index (Phi) is 1.53. The van der Waals surface area contributed by atoms with Crippen LogP contribution in [0.2, 0.25) is 0 Å². The number of hydrogen-bond donors (Lipinski definition) is 0. The highest BCUT2D eigenvalue weighted by Gasteiger charge is 2.05. The van der Waals surface area contributed by atoms with E-state index in [-0.39, 0.29) is 0 Å². The van der Waals surface area contributed by atoms with Crippen LogP contribution in [0.4, 0.5) is 0 Å². The third-order valence-corrected chi connectivity index (χ3v) is 1.68. The van der Waals surface area contributed by atoms with E-state index in [4.69, 9.17) is 0 Å². The average Bonchev–Trinajstić information content (AvgIpc) is 2.46. The minimum absolute atomic E-state index is 0.366. The van der Waals surface area contributed by atoms with Crippen LogP contribution in [0.15, 0.2) is 18.6 Å². The van der Waals surface area contributed by atoms with Gasteiger partial charge in [0.25, 0.3) is 0 Å². The summed E-state index contributed by atoms with van der Waals surface area (Å²) < 4.78 is 1.69. The number of hydrogen-bond acceptors (Lipinski definition) is 3. The van der Waals surface area contributed by atoms with E-state index in [2.05, 4.69) is 28.9 Å². The van der Waals surface area contributed by atoms with Gasteiger partial charge in [-0.25, -0.2) is 14.5 Å². The smallest absolute Gasteiger partial charge is 0.158 e. The van der Waals surface area contributed by atoms with Crippen LogP contribution in [0.5, 0.6) is 0 Å². The van der Waals surface area contributed by atoms with Crippen LogP contribution in [0.25, 0.3) is 5.65 Å². The number of nitrogens with zero attached hydrogens (tertiary/aromatic N) is 4. The van der Waals surface area contributed by atoms with Crippen molar-refractivity contribution in [3.8, 4) is 0 Å². The van der Waals surface area contributed by atoms with Crippen molar-refractivity contribution >= 4 is 5.65 Å².